The van der Waals surface area contributed by atoms with Gasteiger partial charge in [0.1, 0.15) is 0 Å². The van der Waals surface area contributed by atoms with Crippen molar-refractivity contribution in [3.63, 3.8) is 0 Å². The molecule has 0 unspecified atom stereocenters. The smallest absolute Gasteiger partial charge is 0.253 e. The summed E-state index contributed by atoms with van der Waals surface area (Å²) in [4.78, 5) is 4.94. The second-order valence-electron chi connectivity index (χ2n) is 2.11. The van der Waals surface area contributed by atoms with Crippen molar-refractivity contribution in [3.05, 3.63) is 42.8 Å². The minimum atomic E-state index is 0.714. The molecule has 0 amide bonds. The topological polar surface area (TPSA) is 15.5 Å². The van der Waals surface area contributed by atoms with Gasteiger partial charge >= 0.3 is 0 Å². The standard InChI is InChI=1S/C8H7NO/c1-7-9(10-7)8-5-3-2-4-6-8/h2-6H,1H2. The Labute approximate surface area is 59.3 Å². The fourth-order valence-electron chi connectivity index (χ4n) is 0.845. The molecule has 0 radical (unpaired) electrons. The molecule has 2 heteroatoms. The maximum atomic E-state index is 4.94. The summed E-state index contributed by atoms with van der Waals surface area (Å²) in [6.45, 7) is 3.63. The number of para-hydroxylation sites is 1. The summed E-state index contributed by atoms with van der Waals surface area (Å²) < 4.78 is 0. The summed E-state index contributed by atoms with van der Waals surface area (Å²) in [7, 11) is 0. The van der Waals surface area contributed by atoms with E-state index in [2.05, 4.69) is 6.58 Å². The van der Waals surface area contributed by atoms with Gasteiger partial charge in [-0.2, -0.15) is 0 Å². The molecule has 0 spiro atoms. The molecule has 0 atom stereocenters. The first kappa shape index (κ1) is 5.35. The summed E-state index contributed by atoms with van der Waals surface area (Å²) in [5.74, 6) is 0.714. The molecule has 1 aromatic rings. The zero-order chi connectivity index (χ0) is 6.97. The van der Waals surface area contributed by atoms with Crippen LogP contribution in [0.25, 0.3) is 0 Å². The minimum Gasteiger partial charge on any atom is -0.351 e. The first-order valence-corrected chi connectivity index (χ1v) is 3.10. The molecule has 2 rings (SSSR count). The molecular weight excluding hydrogens is 126 g/mol. The largest absolute Gasteiger partial charge is 0.351 e. The fraction of sp³-hybridized carbons (Fsp3) is 0. The Morgan fingerprint density at radius 1 is 1.20 bits per heavy atom. The molecule has 10 heavy (non-hydrogen) atoms. The van der Waals surface area contributed by atoms with Gasteiger partial charge in [-0.25, -0.2) is 0 Å². The van der Waals surface area contributed by atoms with E-state index >= 15 is 0 Å². The Balaban J connectivity index is 2.28. The molecule has 1 aliphatic heterocycles. The van der Waals surface area contributed by atoms with Gasteiger partial charge in [0, 0.05) is 0 Å². The lowest BCUT2D eigenvalue weighted by molar-refractivity contribution is 0.481. The van der Waals surface area contributed by atoms with Crippen LogP contribution in [0, 0.1) is 0 Å². The van der Waals surface area contributed by atoms with Crippen LogP contribution in [0.3, 0.4) is 0 Å². The molecule has 1 aromatic carbocycles. The van der Waals surface area contributed by atoms with Crippen molar-refractivity contribution in [2.75, 3.05) is 5.06 Å². The molecule has 0 saturated carbocycles. The third-order valence-corrected chi connectivity index (χ3v) is 1.38. The SMILES string of the molecule is C=C1ON1c1ccccc1. The normalized spacial score (nSPS) is 14.8. The van der Waals surface area contributed by atoms with Gasteiger partial charge in [-0.3, -0.25) is 0 Å². The maximum Gasteiger partial charge on any atom is 0.253 e. The van der Waals surface area contributed by atoms with Gasteiger partial charge in [-0.05, 0) is 18.7 Å². The van der Waals surface area contributed by atoms with Crippen molar-refractivity contribution in [2.24, 2.45) is 0 Å². The summed E-state index contributed by atoms with van der Waals surface area (Å²) in [5.41, 5.74) is 1.03. The third kappa shape index (κ3) is 0.739. The molecule has 0 N–H and O–H groups in total. The minimum absolute atomic E-state index is 0.714. The molecular formula is C8H7NO. The molecule has 1 heterocycles. The number of hydroxylamine groups is 1. The van der Waals surface area contributed by atoms with E-state index in [4.69, 9.17) is 4.84 Å². The summed E-state index contributed by atoms with van der Waals surface area (Å²) >= 11 is 0. The molecule has 50 valence electrons. The van der Waals surface area contributed by atoms with Gasteiger partial charge in [-0.15, -0.1) is 5.06 Å². The van der Waals surface area contributed by atoms with Crippen LogP contribution in [-0.4, -0.2) is 0 Å². The second kappa shape index (κ2) is 1.77. The van der Waals surface area contributed by atoms with Crippen LogP contribution < -0.4 is 5.06 Å². The highest BCUT2D eigenvalue weighted by Gasteiger charge is 2.27. The van der Waals surface area contributed by atoms with Crippen LogP contribution in [0.5, 0.6) is 0 Å². The van der Waals surface area contributed by atoms with Gasteiger partial charge in [-0.1, -0.05) is 18.2 Å². The summed E-state index contributed by atoms with van der Waals surface area (Å²) in [5, 5.41) is 1.68. The van der Waals surface area contributed by atoms with E-state index in [1.54, 1.807) is 5.06 Å². The lowest BCUT2D eigenvalue weighted by Crippen LogP contribution is -1.86. The molecule has 2 nitrogen and oxygen atoms in total. The van der Waals surface area contributed by atoms with Crippen molar-refractivity contribution >= 4 is 5.69 Å². The van der Waals surface area contributed by atoms with E-state index in [1.165, 1.54) is 0 Å². The molecule has 0 aliphatic carbocycles. The van der Waals surface area contributed by atoms with Crippen LogP contribution in [0.15, 0.2) is 42.8 Å². The van der Waals surface area contributed by atoms with Crippen molar-refractivity contribution in [3.8, 4) is 0 Å². The van der Waals surface area contributed by atoms with Crippen LogP contribution in [-0.2, 0) is 4.84 Å². The molecule has 0 bridgehead atoms. The zero-order valence-electron chi connectivity index (χ0n) is 5.45. The second-order valence-corrected chi connectivity index (χ2v) is 2.11. The Hall–Kier alpha value is -1.44. The van der Waals surface area contributed by atoms with E-state index < -0.39 is 0 Å². The lowest BCUT2D eigenvalue weighted by atomic mass is 10.3. The lowest BCUT2D eigenvalue weighted by Gasteiger charge is -1.91. The van der Waals surface area contributed by atoms with Crippen molar-refractivity contribution in [1.29, 1.82) is 0 Å². The average molecular weight is 133 g/mol. The number of anilines is 1. The number of hydrogen-bond donors (Lipinski definition) is 0. The van der Waals surface area contributed by atoms with Gasteiger partial charge in [0.15, 0.2) is 0 Å². The van der Waals surface area contributed by atoms with Gasteiger partial charge in [0.25, 0.3) is 5.88 Å². The van der Waals surface area contributed by atoms with Gasteiger partial charge < -0.3 is 4.84 Å². The van der Waals surface area contributed by atoms with Gasteiger partial charge in [0.2, 0.25) is 0 Å². The first-order valence-electron chi connectivity index (χ1n) is 3.10. The van der Waals surface area contributed by atoms with Crippen LogP contribution in [0.2, 0.25) is 0 Å². The van der Waals surface area contributed by atoms with E-state index in [9.17, 15) is 0 Å². The van der Waals surface area contributed by atoms with Crippen molar-refractivity contribution in [1.82, 2.24) is 0 Å². The number of hydrogen-bond acceptors (Lipinski definition) is 2. The predicted molar refractivity (Wildman–Crippen MR) is 39.1 cm³/mol. The number of nitrogens with zero attached hydrogens (tertiary/aromatic N) is 1. The van der Waals surface area contributed by atoms with Crippen LogP contribution >= 0.6 is 0 Å². The van der Waals surface area contributed by atoms with Crippen LogP contribution in [0.1, 0.15) is 0 Å². The molecule has 1 aliphatic rings. The van der Waals surface area contributed by atoms with E-state index in [1.807, 2.05) is 30.3 Å². The predicted octanol–water partition coefficient (Wildman–Crippen LogP) is 1.91. The highest BCUT2D eigenvalue weighted by atomic mass is 16.8. The Morgan fingerprint density at radius 2 is 1.80 bits per heavy atom. The Morgan fingerprint density at radius 3 is 2.30 bits per heavy atom. The van der Waals surface area contributed by atoms with Crippen molar-refractivity contribution in [2.45, 2.75) is 0 Å². The fourth-order valence-corrected chi connectivity index (χ4v) is 0.845. The maximum absolute atomic E-state index is 4.94. The third-order valence-electron chi connectivity index (χ3n) is 1.38. The van der Waals surface area contributed by atoms with Crippen LogP contribution in [0.4, 0.5) is 5.69 Å². The van der Waals surface area contributed by atoms with E-state index in [0.29, 0.717) is 5.88 Å². The first-order chi connectivity index (χ1) is 4.88. The Kier molecular flexibility index (Phi) is 0.947. The van der Waals surface area contributed by atoms with Crippen molar-refractivity contribution < 1.29 is 4.84 Å². The summed E-state index contributed by atoms with van der Waals surface area (Å²) in [6, 6.07) is 9.83. The van der Waals surface area contributed by atoms with Gasteiger partial charge in [0.05, 0.1) is 5.69 Å². The molecule has 1 fully saturated rings. The average Bonchev–Trinajstić information content (AvgIpc) is 2.69. The number of benzene rings is 1. The summed E-state index contributed by atoms with van der Waals surface area (Å²) in [6.07, 6.45) is 0. The zero-order valence-corrected chi connectivity index (χ0v) is 5.45. The quantitative estimate of drug-likeness (QED) is 0.544. The highest BCUT2D eigenvalue weighted by Crippen LogP contribution is 2.30. The highest BCUT2D eigenvalue weighted by molar-refractivity contribution is 5.52. The molecule has 1 saturated heterocycles. The van der Waals surface area contributed by atoms with E-state index in [0.717, 1.165) is 5.69 Å². The molecule has 0 aromatic heterocycles. The number of rotatable bonds is 1. The monoisotopic (exact) mass is 133 g/mol. The Bertz CT molecular complexity index is 255. The van der Waals surface area contributed by atoms with E-state index in [-0.39, 0.29) is 0 Å².